The first-order chi connectivity index (χ1) is 6.77. The maximum atomic E-state index is 10.7. The number of hydrogen-bond donors (Lipinski definition) is 1. The minimum absolute atomic E-state index is 0.161. The lowest BCUT2D eigenvalue weighted by atomic mass is 9.98. The van der Waals surface area contributed by atoms with Crippen molar-refractivity contribution in [2.75, 3.05) is 18.0 Å². The Morgan fingerprint density at radius 1 is 1.57 bits per heavy atom. The van der Waals surface area contributed by atoms with E-state index >= 15 is 0 Å². The summed E-state index contributed by atoms with van der Waals surface area (Å²) < 4.78 is 0. The number of carboxylic acids is 1. The zero-order chi connectivity index (χ0) is 9.97. The fourth-order valence-electron chi connectivity index (χ4n) is 1.69. The summed E-state index contributed by atoms with van der Waals surface area (Å²) in [5.41, 5.74) is 0. The number of aromatic nitrogens is 1. The highest BCUT2D eigenvalue weighted by molar-refractivity contribution is 7.13. The molecule has 1 aromatic rings. The summed E-state index contributed by atoms with van der Waals surface area (Å²) in [6.07, 6.45) is 3.24. The predicted octanol–water partition coefficient (Wildman–Crippen LogP) is 1.44. The van der Waals surface area contributed by atoms with Gasteiger partial charge in [-0.25, -0.2) is 4.98 Å². The van der Waals surface area contributed by atoms with E-state index in [1.165, 1.54) is 0 Å². The molecule has 1 N–H and O–H groups in total. The molecular weight excluding hydrogens is 200 g/mol. The summed E-state index contributed by atoms with van der Waals surface area (Å²) in [5.74, 6) is -0.824. The van der Waals surface area contributed by atoms with Crippen LogP contribution in [0.4, 0.5) is 5.13 Å². The van der Waals surface area contributed by atoms with E-state index in [1.807, 2.05) is 5.38 Å². The van der Waals surface area contributed by atoms with Crippen molar-refractivity contribution in [2.45, 2.75) is 12.8 Å². The Hall–Kier alpha value is -1.10. The molecule has 1 saturated heterocycles. The lowest BCUT2D eigenvalue weighted by Crippen LogP contribution is -2.36. The zero-order valence-electron chi connectivity index (χ0n) is 7.72. The smallest absolute Gasteiger partial charge is 0.306 e. The van der Waals surface area contributed by atoms with Gasteiger partial charge in [0.25, 0.3) is 0 Å². The second-order valence-corrected chi connectivity index (χ2v) is 4.29. The fourth-order valence-corrected chi connectivity index (χ4v) is 2.39. The van der Waals surface area contributed by atoms with Crippen LogP contribution in [0, 0.1) is 5.92 Å². The highest BCUT2D eigenvalue weighted by atomic mass is 32.1. The Morgan fingerprint density at radius 2 is 2.29 bits per heavy atom. The van der Waals surface area contributed by atoms with Gasteiger partial charge in [-0.3, -0.25) is 4.79 Å². The average Bonchev–Trinajstić information content (AvgIpc) is 2.71. The normalized spacial score (nSPS) is 18.4. The number of nitrogens with zero attached hydrogens (tertiary/aromatic N) is 2. The summed E-state index contributed by atoms with van der Waals surface area (Å²) >= 11 is 1.61. The van der Waals surface area contributed by atoms with Gasteiger partial charge in [0.2, 0.25) is 0 Å². The molecule has 4 nitrogen and oxygen atoms in total. The number of aliphatic carboxylic acids is 1. The largest absolute Gasteiger partial charge is 0.481 e. The fraction of sp³-hybridized carbons (Fsp3) is 0.556. The second kappa shape index (κ2) is 3.96. The monoisotopic (exact) mass is 212 g/mol. The van der Waals surface area contributed by atoms with Crippen molar-refractivity contribution in [3.63, 3.8) is 0 Å². The Bertz CT molecular complexity index is 305. The summed E-state index contributed by atoms with van der Waals surface area (Å²) in [5, 5.41) is 11.8. The first kappa shape index (κ1) is 9.45. The van der Waals surface area contributed by atoms with E-state index in [0.29, 0.717) is 0 Å². The molecule has 1 aliphatic heterocycles. The van der Waals surface area contributed by atoms with Gasteiger partial charge in [0, 0.05) is 24.7 Å². The highest BCUT2D eigenvalue weighted by Gasteiger charge is 2.25. The van der Waals surface area contributed by atoms with Gasteiger partial charge in [-0.1, -0.05) is 0 Å². The topological polar surface area (TPSA) is 53.4 Å². The van der Waals surface area contributed by atoms with Crippen LogP contribution in [-0.2, 0) is 4.79 Å². The van der Waals surface area contributed by atoms with Gasteiger partial charge >= 0.3 is 5.97 Å². The molecule has 0 atom stereocenters. The SMILES string of the molecule is O=C(O)C1CCN(c2nccs2)CC1. The molecule has 5 heteroatoms. The maximum absolute atomic E-state index is 10.7. The molecule has 0 amide bonds. The van der Waals surface area contributed by atoms with Crippen molar-refractivity contribution in [2.24, 2.45) is 5.92 Å². The molecule has 0 spiro atoms. The van der Waals surface area contributed by atoms with Gasteiger partial charge in [0.05, 0.1) is 5.92 Å². The van der Waals surface area contributed by atoms with E-state index < -0.39 is 5.97 Å². The lowest BCUT2D eigenvalue weighted by molar-refractivity contribution is -0.142. The Balaban J connectivity index is 1.93. The number of carbonyl (C=O) groups is 1. The summed E-state index contributed by atoms with van der Waals surface area (Å²) in [4.78, 5) is 17.1. The summed E-state index contributed by atoms with van der Waals surface area (Å²) in [7, 11) is 0. The Morgan fingerprint density at radius 3 is 2.79 bits per heavy atom. The summed E-state index contributed by atoms with van der Waals surface area (Å²) in [6, 6.07) is 0. The van der Waals surface area contributed by atoms with Crippen LogP contribution in [0.2, 0.25) is 0 Å². The van der Waals surface area contributed by atoms with Gasteiger partial charge in [-0.15, -0.1) is 11.3 Å². The van der Waals surface area contributed by atoms with Crippen molar-refractivity contribution in [3.8, 4) is 0 Å². The minimum atomic E-state index is -0.663. The number of carboxylic acid groups (broad SMARTS) is 1. The van der Waals surface area contributed by atoms with Crippen molar-refractivity contribution in [1.82, 2.24) is 4.98 Å². The number of hydrogen-bond acceptors (Lipinski definition) is 4. The lowest BCUT2D eigenvalue weighted by Gasteiger charge is -2.29. The second-order valence-electron chi connectivity index (χ2n) is 3.41. The van der Waals surface area contributed by atoms with Crippen LogP contribution in [-0.4, -0.2) is 29.1 Å². The predicted molar refractivity (Wildman–Crippen MR) is 54.7 cm³/mol. The number of thiazole rings is 1. The number of rotatable bonds is 2. The molecule has 2 heterocycles. The molecule has 0 saturated carbocycles. The molecule has 14 heavy (non-hydrogen) atoms. The molecule has 0 aromatic carbocycles. The molecule has 1 aromatic heterocycles. The first-order valence-electron chi connectivity index (χ1n) is 4.64. The van der Waals surface area contributed by atoms with E-state index in [-0.39, 0.29) is 5.92 Å². The third-order valence-electron chi connectivity index (χ3n) is 2.53. The van der Waals surface area contributed by atoms with Crippen LogP contribution < -0.4 is 4.90 Å². The standard InChI is InChI=1S/C9H12N2O2S/c12-8(13)7-1-4-11(5-2-7)9-10-3-6-14-9/h3,6-7H,1-2,4-5H2,(H,12,13). The van der Waals surface area contributed by atoms with Crippen molar-refractivity contribution in [1.29, 1.82) is 0 Å². The van der Waals surface area contributed by atoms with E-state index in [2.05, 4.69) is 9.88 Å². The van der Waals surface area contributed by atoms with Crippen LogP contribution in [0.5, 0.6) is 0 Å². The molecule has 0 aliphatic carbocycles. The molecule has 0 bridgehead atoms. The summed E-state index contributed by atoms with van der Waals surface area (Å²) in [6.45, 7) is 1.62. The molecular formula is C9H12N2O2S. The van der Waals surface area contributed by atoms with Crippen LogP contribution in [0.15, 0.2) is 11.6 Å². The van der Waals surface area contributed by atoms with Gasteiger partial charge in [-0.05, 0) is 12.8 Å². The van der Waals surface area contributed by atoms with Gasteiger partial charge in [0.15, 0.2) is 5.13 Å². The molecule has 1 aliphatic rings. The molecule has 0 unspecified atom stereocenters. The third kappa shape index (κ3) is 1.87. The number of anilines is 1. The van der Waals surface area contributed by atoms with E-state index in [9.17, 15) is 4.79 Å². The molecule has 1 fully saturated rings. The molecule has 2 rings (SSSR count). The van der Waals surface area contributed by atoms with E-state index in [0.717, 1.165) is 31.1 Å². The number of piperidine rings is 1. The Labute approximate surface area is 86.2 Å². The van der Waals surface area contributed by atoms with E-state index in [4.69, 9.17) is 5.11 Å². The van der Waals surface area contributed by atoms with Gasteiger partial charge in [-0.2, -0.15) is 0 Å². The van der Waals surface area contributed by atoms with Crippen molar-refractivity contribution >= 4 is 22.4 Å². The van der Waals surface area contributed by atoms with Crippen LogP contribution in [0.1, 0.15) is 12.8 Å². The third-order valence-corrected chi connectivity index (χ3v) is 3.37. The molecule has 0 radical (unpaired) electrons. The minimum Gasteiger partial charge on any atom is -0.481 e. The van der Waals surface area contributed by atoms with E-state index in [1.54, 1.807) is 17.5 Å². The van der Waals surface area contributed by atoms with Crippen molar-refractivity contribution < 1.29 is 9.90 Å². The van der Waals surface area contributed by atoms with Gasteiger partial charge < -0.3 is 10.0 Å². The Kier molecular flexibility index (Phi) is 2.67. The zero-order valence-corrected chi connectivity index (χ0v) is 8.54. The van der Waals surface area contributed by atoms with Crippen LogP contribution in [0.25, 0.3) is 0 Å². The van der Waals surface area contributed by atoms with Crippen molar-refractivity contribution in [3.05, 3.63) is 11.6 Å². The maximum Gasteiger partial charge on any atom is 0.306 e. The average molecular weight is 212 g/mol. The van der Waals surface area contributed by atoms with Gasteiger partial charge in [0.1, 0.15) is 0 Å². The quantitative estimate of drug-likeness (QED) is 0.806. The van der Waals surface area contributed by atoms with Crippen LogP contribution >= 0.6 is 11.3 Å². The highest BCUT2D eigenvalue weighted by Crippen LogP contribution is 2.24. The first-order valence-corrected chi connectivity index (χ1v) is 5.52. The van der Waals surface area contributed by atoms with Crippen LogP contribution in [0.3, 0.4) is 0 Å². The molecule has 76 valence electrons.